The molecule has 2 fully saturated rings. The molecule has 0 amide bonds. The topological polar surface area (TPSA) is 9.23 Å². The lowest BCUT2D eigenvalue weighted by molar-refractivity contribution is -0.0678. The summed E-state index contributed by atoms with van der Waals surface area (Å²) >= 11 is 12.2. The Kier molecular flexibility index (Phi) is 2.31. The molecule has 2 aliphatic rings. The maximum absolute atomic E-state index is 6.11. The Hall–Kier alpha value is 0.540. The zero-order valence-electron chi connectivity index (χ0n) is 7.22. The van der Waals surface area contributed by atoms with Gasteiger partial charge in [-0.1, -0.05) is 13.3 Å². The average Bonchev–Trinajstić information content (AvgIpc) is 2.57. The molecule has 0 aromatic carbocycles. The molecule has 0 radical (unpaired) electrons. The molecule has 2 rings (SSSR count). The fraction of sp³-hybridized carbons (Fsp3) is 1.00. The van der Waals surface area contributed by atoms with E-state index in [-0.39, 0.29) is 0 Å². The van der Waals surface area contributed by atoms with E-state index in [1.165, 1.54) is 6.42 Å². The third-order valence-corrected chi connectivity index (χ3v) is 3.41. The molecular formula is C9H14Cl2O. The van der Waals surface area contributed by atoms with Crippen molar-refractivity contribution in [2.75, 3.05) is 0 Å². The van der Waals surface area contributed by atoms with Gasteiger partial charge in [0.05, 0.1) is 12.2 Å². The molecular weight excluding hydrogens is 195 g/mol. The van der Waals surface area contributed by atoms with Crippen molar-refractivity contribution in [2.45, 2.75) is 49.1 Å². The molecule has 1 aliphatic carbocycles. The van der Waals surface area contributed by atoms with E-state index in [0.29, 0.717) is 12.2 Å². The summed E-state index contributed by atoms with van der Waals surface area (Å²) in [6, 6.07) is 0. The summed E-state index contributed by atoms with van der Waals surface area (Å²) in [5.74, 6) is 0.790. The van der Waals surface area contributed by atoms with Crippen LogP contribution >= 0.6 is 23.2 Å². The fourth-order valence-electron chi connectivity index (χ4n) is 1.93. The lowest BCUT2D eigenvalue weighted by Gasteiger charge is -2.31. The van der Waals surface area contributed by atoms with Gasteiger partial charge in [0.1, 0.15) is 4.33 Å². The van der Waals surface area contributed by atoms with E-state index in [2.05, 4.69) is 6.92 Å². The van der Waals surface area contributed by atoms with E-state index in [0.717, 1.165) is 25.2 Å². The highest BCUT2D eigenvalue weighted by molar-refractivity contribution is 6.48. The van der Waals surface area contributed by atoms with Crippen LogP contribution in [0.5, 0.6) is 0 Å². The predicted molar refractivity (Wildman–Crippen MR) is 50.7 cm³/mol. The molecule has 12 heavy (non-hydrogen) atoms. The number of alkyl halides is 2. The third-order valence-electron chi connectivity index (χ3n) is 2.72. The second-order valence-electron chi connectivity index (χ2n) is 3.92. The van der Waals surface area contributed by atoms with Crippen LogP contribution in [0, 0.1) is 5.92 Å². The van der Waals surface area contributed by atoms with Crippen molar-refractivity contribution in [1.82, 2.24) is 0 Å². The van der Waals surface area contributed by atoms with Gasteiger partial charge >= 0.3 is 0 Å². The summed E-state index contributed by atoms with van der Waals surface area (Å²) in [6.45, 7) is 2.10. The minimum absolute atomic E-state index is 0.358. The van der Waals surface area contributed by atoms with E-state index in [4.69, 9.17) is 27.9 Å². The van der Waals surface area contributed by atoms with Crippen molar-refractivity contribution in [2.24, 2.45) is 5.92 Å². The normalized spacial score (nSPS) is 38.8. The zero-order chi connectivity index (χ0) is 8.77. The smallest absolute Gasteiger partial charge is 0.120 e. The number of ether oxygens (including phenoxy) is 1. The van der Waals surface area contributed by atoms with E-state index in [1.807, 2.05) is 0 Å². The largest absolute Gasteiger partial charge is 0.374 e. The Bertz CT molecular complexity index is 181. The minimum Gasteiger partial charge on any atom is -0.374 e. The van der Waals surface area contributed by atoms with Gasteiger partial charge in [0.25, 0.3) is 0 Å². The van der Waals surface area contributed by atoms with Crippen LogP contribution in [-0.2, 0) is 4.74 Å². The molecule has 1 nitrogen and oxygen atoms in total. The molecule has 0 aromatic rings. The van der Waals surface area contributed by atoms with Gasteiger partial charge < -0.3 is 4.74 Å². The highest BCUT2D eigenvalue weighted by atomic mass is 35.5. The van der Waals surface area contributed by atoms with E-state index in [1.54, 1.807) is 0 Å². The first kappa shape index (κ1) is 9.11. The molecule has 0 aromatic heterocycles. The second kappa shape index (κ2) is 3.04. The minimum atomic E-state index is -0.549. The van der Waals surface area contributed by atoms with Crippen LogP contribution in [0.25, 0.3) is 0 Å². The first-order chi connectivity index (χ1) is 5.62. The first-order valence-electron chi connectivity index (χ1n) is 4.65. The van der Waals surface area contributed by atoms with Crippen LogP contribution < -0.4 is 0 Å². The summed E-state index contributed by atoms with van der Waals surface area (Å²) < 4.78 is 4.98. The standard InChI is InChI=1S/C9H14Cl2O/c1-2-3-9(10,11)5-8-6-4-7(6)12-8/h6-8H,2-5H2,1H3. The second-order valence-corrected chi connectivity index (χ2v) is 5.56. The van der Waals surface area contributed by atoms with Crippen molar-refractivity contribution in [1.29, 1.82) is 0 Å². The fourth-order valence-corrected chi connectivity index (χ4v) is 2.62. The number of hydrogen-bond acceptors (Lipinski definition) is 1. The van der Waals surface area contributed by atoms with Crippen LogP contribution in [0.15, 0.2) is 0 Å². The van der Waals surface area contributed by atoms with Gasteiger partial charge in [0, 0.05) is 12.3 Å². The highest BCUT2D eigenvalue weighted by Gasteiger charge is 2.56. The molecule has 1 saturated carbocycles. The van der Waals surface area contributed by atoms with Gasteiger partial charge in [-0.3, -0.25) is 0 Å². The number of hydrogen-bond donors (Lipinski definition) is 0. The summed E-state index contributed by atoms with van der Waals surface area (Å²) in [5, 5.41) is 0. The van der Waals surface area contributed by atoms with Crippen LogP contribution in [-0.4, -0.2) is 16.5 Å². The average molecular weight is 209 g/mol. The van der Waals surface area contributed by atoms with Crippen LogP contribution in [0.4, 0.5) is 0 Å². The zero-order valence-corrected chi connectivity index (χ0v) is 8.74. The Labute approximate surface area is 83.4 Å². The van der Waals surface area contributed by atoms with Crippen LogP contribution in [0.2, 0.25) is 0 Å². The van der Waals surface area contributed by atoms with Crippen molar-refractivity contribution in [3.8, 4) is 0 Å². The Morgan fingerprint density at radius 1 is 1.50 bits per heavy atom. The molecule has 3 unspecified atom stereocenters. The summed E-state index contributed by atoms with van der Waals surface area (Å²) in [6.07, 6.45) is 4.88. The van der Waals surface area contributed by atoms with Crippen LogP contribution in [0.1, 0.15) is 32.6 Å². The lowest BCUT2D eigenvalue weighted by atomic mass is 10.0. The Morgan fingerprint density at radius 2 is 2.25 bits per heavy atom. The quantitative estimate of drug-likeness (QED) is 0.646. The molecule has 0 N–H and O–H groups in total. The molecule has 3 heteroatoms. The van der Waals surface area contributed by atoms with E-state index in [9.17, 15) is 0 Å². The molecule has 0 spiro atoms. The molecule has 1 aliphatic heterocycles. The molecule has 3 atom stereocenters. The Balaban J connectivity index is 1.76. The van der Waals surface area contributed by atoms with Gasteiger partial charge in [-0.05, 0) is 12.8 Å². The number of rotatable bonds is 4. The van der Waals surface area contributed by atoms with Crippen molar-refractivity contribution < 1.29 is 4.74 Å². The lowest BCUT2D eigenvalue weighted by Crippen LogP contribution is -2.34. The number of fused-ring (bicyclic) bond motifs is 1. The van der Waals surface area contributed by atoms with Gasteiger partial charge in [-0.15, -0.1) is 23.2 Å². The van der Waals surface area contributed by atoms with Gasteiger partial charge in [-0.25, -0.2) is 0 Å². The summed E-state index contributed by atoms with van der Waals surface area (Å²) in [5.41, 5.74) is 0. The summed E-state index contributed by atoms with van der Waals surface area (Å²) in [4.78, 5) is 0. The van der Waals surface area contributed by atoms with Crippen molar-refractivity contribution >= 4 is 23.2 Å². The highest BCUT2D eigenvalue weighted by Crippen LogP contribution is 2.53. The molecule has 1 heterocycles. The van der Waals surface area contributed by atoms with E-state index >= 15 is 0 Å². The SMILES string of the molecule is CCCC(Cl)(Cl)CC1OC2CC21. The monoisotopic (exact) mass is 208 g/mol. The van der Waals surface area contributed by atoms with Crippen LogP contribution in [0.3, 0.4) is 0 Å². The molecule has 70 valence electrons. The van der Waals surface area contributed by atoms with Gasteiger partial charge in [-0.2, -0.15) is 0 Å². The van der Waals surface area contributed by atoms with Gasteiger partial charge in [0.15, 0.2) is 0 Å². The third kappa shape index (κ3) is 1.73. The van der Waals surface area contributed by atoms with Crippen molar-refractivity contribution in [3.63, 3.8) is 0 Å². The van der Waals surface area contributed by atoms with E-state index < -0.39 is 4.33 Å². The number of halogens is 2. The maximum atomic E-state index is 6.11. The van der Waals surface area contributed by atoms with Gasteiger partial charge in [0.2, 0.25) is 0 Å². The first-order valence-corrected chi connectivity index (χ1v) is 5.41. The van der Waals surface area contributed by atoms with Crippen molar-refractivity contribution in [3.05, 3.63) is 0 Å². The summed E-state index contributed by atoms with van der Waals surface area (Å²) in [7, 11) is 0. The molecule has 0 bridgehead atoms. The molecule has 1 saturated heterocycles. The maximum Gasteiger partial charge on any atom is 0.120 e. The predicted octanol–water partition coefficient (Wildman–Crippen LogP) is 3.14. The Morgan fingerprint density at radius 3 is 2.67 bits per heavy atom.